The number of nitrogens with zero attached hydrogens (tertiary/aromatic N) is 1. The lowest BCUT2D eigenvalue weighted by Gasteiger charge is -2.16. The first kappa shape index (κ1) is 21.4. The fraction of sp³-hybridized carbons (Fsp3) is 0.185. The van der Waals surface area contributed by atoms with Crippen LogP contribution < -0.4 is 15.0 Å². The molecule has 0 fully saturated rings. The van der Waals surface area contributed by atoms with Gasteiger partial charge in [0.25, 0.3) is 11.8 Å². The molecule has 0 saturated heterocycles. The van der Waals surface area contributed by atoms with E-state index in [-0.39, 0.29) is 11.6 Å². The standard InChI is InChI=1S/C27H26N2O3/c1-16-9-11-22(18(3)13-16)24-25(28-23-12-10-17(2)14-19(23)4)27(31)29(26(24)30)20-7-6-8-21(15-20)32-5/h6-15,28H,1-5H3. The molecule has 3 aromatic rings. The van der Waals surface area contributed by atoms with E-state index in [1.807, 2.05) is 64.1 Å². The lowest BCUT2D eigenvalue weighted by Crippen LogP contribution is -2.32. The summed E-state index contributed by atoms with van der Waals surface area (Å²) in [5.74, 6) is -0.173. The van der Waals surface area contributed by atoms with Crippen LogP contribution in [0.1, 0.15) is 27.8 Å². The van der Waals surface area contributed by atoms with Gasteiger partial charge in [-0.3, -0.25) is 9.59 Å². The minimum Gasteiger partial charge on any atom is -0.497 e. The van der Waals surface area contributed by atoms with Crippen LogP contribution in [0, 0.1) is 27.7 Å². The summed E-state index contributed by atoms with van der Waals surface area (Å²) < 4.78 is 5.30. The third-order valence-corrected chi connectivity index (χ3v) is 5.69. The van der Waals surface area contributed by atoms with Crippen molar-refractivity contribution in [1.29, 1.82) is 0 Å². The predicted molar refractivity (Wildman–Crippen MR) is 128 cm³/mol. The summed E-state index contributed by atoms with van der Waals surface area (Å²) in [5, 5.41) is 3.27. The first-order valence-corrected chi connectivity index (χ1v) is 10.5. The molecule has 0 radical (unpaired) electrons. The average Bonchev–Trinajstić information content (AvgIpc) is 2.99. The topological polar surface area (TPSA) is 58.6 Å². The predicted octanol–water partition coefficient (Wildman–Crippen LogP) is 5.33. The Morgan fingerprint density at radius 3 is 2.12 bits per heavy atom. The van der Waals surface area contributed by atoms with Gasteiger partial charge in [0.1, 0.15) is 11.4 Å². The van der Waals surface area contributed by atoms with Gasteiger partial charge >= 0.3 is 0 Å². The summed E-state index contributed by atoms with van der Waals surface area (Å²) in [6, 6.07) is 18.8. The Kier molecular flexibility index (Phi) is 5.57. The molecule has 1 aliphatic heterocycles. The van der Waals surface area contributed by atoms with Crippen LogP contribution in [0.3, 0.4) is 0 Å². The molecule has 1 heterocycles. The molecule has 0 aliphatic carbocycles. The molecule has 0 saturated carbocycles. The number of hydrogen-bond acceptors (Lipinski definition) is 4. The maximum Gasteiger partial charge on any atom is 0.282 e. The molecule has 0 atom stereocenters. The van der Waals surface area contributed by atoms with E-state index in [0.717, 1.165) is 33.5 Å². The van der Waals surface area contributed by atoms with Gasteiger partial charge in [0.15, 0.2) is 0 Å². The third-order valence-electron chi connectivity index (χ3n) is 5.69. The van der Waals surface area contributed by atoms with E-state index in [4.69, 9.17) is 4.74 Å². The fourth-order valence-electron chi connectivity index (χ4n) is 4.06. The number of aryl methyl sites for hydroxylation is 4. The van der Waals surface area contributed by atoms with Crippen LogP contribution in [0.5, 0.6) is 5.75 Å². The number of amides is 2. The molecule has 0 aromatic heterocycles. The number of rotatable bonds is 5. The van der Waals surface area contributed by atoms with Crippen molar-refractivity contribution in [3.8, 4) is 5.75 Å². The summed E-state index contributed by atoms with van der Waals surface area (Å²) in [6.07, 6.45) is 0. The van der Waals surface area contributed by atoms with Crippen molar-refractivity contribution in [1.82, 2.24) is 0 Å². The van der Waals surface area contributed by atoms with Crippen LogP contribution >= 0.6 is 0 Å². The number of nitrogens with one attached hydrogen (secondary N) is 1. The number of hydrogen-bond donors (Lipinski definition) is 1. The Hall–Kier alpha value is -3.86. The van der Waals surface area contributed by atoms with Gasteiger partial charge in [0.2, 0.25) is 0 Å². The first-order valence-electron chi connectivity index (χ1n) is 10.5. The Morgan fingerprint density at radius 2 is 1.47 bits per heavy atom. The van der Waals surface area contributed by atoms with Crippen molar-refractivity contribution < 1.29 is 14.3 Å². The second kappa shape index (κ2) is 8.35. The number of imide groups is 1. The Bertz CT molecular complexity index is 1270. The molecule has 32 heavy (non-hydrogen) atoms. The summed E-state index contributed by atoms with van der Waals surface area (Å²) in [4.78, 5) is 28.5. The molecular formula is C27H26N2O3. The minimum absolute atomic E-state index is 0.275. The van der Waals surface area contributed by atoms with Crippen LogP contribution in [0.2, 0.25) is 0 Å². The first-order chi connectivity index (χ1) is 15.3. The van der Waals surface area contributed by atoms with E-state index in [1.54, 1.807) is 31.4 Å². The molecule has 0 unspecified atom stereocenters. The van der Waals surface area contributed by atoms with Crippen LogP contribution in [0.4, 0.5) is 11.4 Å². The molecule has 5 nitrogen and oxygen atoms in total. The molecule has 0 bridgehead atoms. The number of carbonyl (C=O) groups excluding carboxylic acids is 2. The minimum atomic E-state index is -0.391. The van der Waals surface area contributed by atoms with Gasteiger partial charge in [0.05, 0.1) is 18.4 Å². The van der Waals surface area contributed by atoms with E-state index in [2.05, 4.69) is 5.32 Å². The maximum absolute atomic E-state index is 13.7. The second-order valence-corrected chi connectivity index (χ2v) is 8.16. The van der Waals surface area contributed by atoms with Gasteiger partial charge in [-0.2, -0.15) is 0 Å². The van der Waals surface area contributed by atoms with Crippen LogP contribution in [0.15, 0.2) is 66.4 Å². The van der Waals surface area contributed by atoms with Crippen molar-refractivity contribution in [2.24, 2.45) is 0 Å². The lowest BCUT2D eigenvalue weighted by atomic mass is 9.97. The van der Waals surface area contributed by atoms with E-state index in [0.29, 0.717) is 17.0 Å². The zero-order chi connectivity index (χ0) is 23.0. The highest BCUT2D eigenvalue weighted by Gasteiger charge is 2.41. The normalized spacial score (nSPS) is 13.7. The Morgan fingerprint density at radius 1 is 0.781 bits per heavy atom. The van der Waals surface area contributed by atoms with Gasteiger partial charge in [-0.1, -0.05) is 47.5 Å². The van der Waals surface area contributed by atoms with E-state index < -0.39 is 5.91 Å². The van der Waals surface area contributed by atoms with Gasteiger partial charge in [-0.05, 0) is 62.6 Å². The molecule has 5 heteroatoms. The molecule has 0 spiro atoms. The van der Waals surface area contributed by atoms with Gasteiger partial charge in [-0.15, -0.1) is 0 Å². The number of carbonyl (C=O) groups is 2. The quantitative estimate of drug-likeness (QED) is 0.561. The number of benzene rings is 3. The highest BCUT2D eigenvalue weighted by atomic mass is 16.5. The van der Waals surface area contributed by atoms with Gasteiger partial charge < -0.3 is 10.1 Å². The van der Waals surface area contributed by atoms with Crippen LogP contribution in [-0.2, 0) is 9.59 Å². The number of ether oxygens (including phenoxy) is 1. The zero-order valence-electron chi connectivity index (χ0n) is 18.9. The van der Waals surface area contributed by atoms with Crippen molar-refractivity contribution >= 4 is 28.8 Å². The summed E-state index contributed by atoms with van der Waals surface area (Å²) in [5.41, 5.74) is 6.81. The summed E-state index contributed by atoms with van der Waals surface area (Å²) >= 11 is 0. The molecule has 1 aliphatic rings. The van der Waals surface area contributed by atoms with Crippen LogP contribution in [0.25, 0.3) is 5.57 Å². The molecule has 2 amide bonds. The molecule has 162 valence electrons. The highest BCUT2D eigenvalue weighted by molar-refractivity contribution is 6.46. The molecule has 1 N–H and O–H groups in total. The Balaban J connectivity index is 1.87. The van der Waals surface area contributed by atoms with E-state index >= 15 is 0 Å². The Labute approximate surface area is 188 Å². The monoisotopic (exact) mass is 426 g/mol. The summed E-state index contributed by atoms with van der Waals surface area (Å²) in [7, 11) is 1.55. The highest BCUT2D eigenvalue weighted by Crippen LogP contribution is 2.36. The van der Waals surface area contributed by atoms with Crippen molar-refractivity contribution in [3.05, 3.63) is 94.2 Å². The van der Waals surface area contributed by atoms with Crippen molar-refractivity contribution in [3.63, 3.8) is 0 Å². The molecule has 4 rings (SSSR count). The number of methoxy groups -OCH3 is 1. The van der Waals surface area contributed by atoms with Crippen molar-refractivity contribution in [2.75, 3.05) is 17.3 Å². The lowest BCUT2D eigenvalue weighted by molar-refractivity contribution is -0.120. The molecule has 3 aromatic carbocycles. The van der Waals surface area contributed by atoms with E-state index in [9.17, 15) is 9.59 Å². The van der Waals surface area contributed by atoms with Crippen LogP contribution in [-0.4, -0.2) is 18.9 Å². The largest absolute Gasteiger partial charge is 0.497 e. The van der Waals surface area contributed by atoms with E-state index in [1.165, 1.54) is 4.90 Å². The third kappa shape index (κ3) is 3.78. The van der Waals surface area contributed by atoms with Crippen molar-refractivity contribution in [2.45, 2.75) is 27.7 Å². The summed E-state index contributed by atoms with van der Waals surface area (Å²) in [6.45, 7) is 7.96. The second-order valence-electron chi connectivity index (χ2n) is 8.16. The number of anilines is 2. The fourth-order valence-corrected chi connectivity index (χ4v) is 4.06. The van der Waals surface area contributed by atoms with Gasteiger partial charge in [0, 0.05) is 11.8 Å². The maximum atomic E-state index is 13.7. The molecular weight excluding hydrogens is 400 g/mol. The SMILES string of the molecule is COc1cccc(N2C(=O)C(Nc3ccc(C)cc3C)=C(c3ccc(C)cc3C)C2=O)c1. The zero-order valence-corrected chi connectivity index (χ0v) is 18.9. The smallest absolute Gasteiger partial charge is 0.282 e. The van der Waals surface area contributed by atoms with Gasteiger partial charge in [-0.25, -0.2) is 4.90 Å². The average molecular weight is 427 g/mol.